The van der Waals surface area contributed by atoms with Gasteiger partial charge in [-0.3, -0.25) is 4.79 Å². The highest BCUT2D eigenvalue weighted by Gasteiger charge is 2.14. The number of halogens is 2. The van der Waals surface area contributed by atoms with Gasteiger partial charge in [-0.1, -0.05) is 12.1 Å². The summed E-state index contributed by atoms with van der Waals surface area (Å²) in [6.07, 6.45) is 3.43. The van der Waals surface area contributed by atoms with Crippen LogP contribution in [0.4, 0.5) is 4.39 Å². The lowest BCUT2D eigenvalue weighted by Gasteiger charge is -2.24. The van der Waals surface area contributed by atoms with Crippen molar-refractivity contribution in [1.29, 1.82) is 0 Å². The number of guanidine groups is 1. The molecule has 0 aromatic heterocycles. The molecular formula is C19H30FIN4O2. The van der Waals surface area contributed by atoms with Gasteiger partial charge < -0.3 is 20.3 Å². The normalized spacial score (nSPS) is 17.0. The van der Waals surface area contributed by atoms with Crippen molar-refractivity contribution in [3.05, 3.63) is 35.1 Å². The van der Waals surface area contributed by atoms with Crippen molar-refractivity contribution in [2.24, 2.45) is 4.99 Å². The fourth-order valence-corrected chi connectivity index (χ4v) is 2.58. The average molecular weight is 492 g/mol. The molecule has 1 aromatic carbocycles. The Morgan fingerprint density at radius 2 is 2.11 bits per heavy atom. The molecule has 0 spiro atoms. The third-order valence-electron chi connectivity index (χ3n) is 4.33. The van der Waals surface area contributed by atoms with Gasteiger partial charge in [0.1, 0.15) is 5.82 Å². The molecule has 0 aliphatic carbocycles. The molecule has 1 saturated heterocycles. The molecule has 1 amide bonds. The molecular weight excluding hydrogens is 462 g/mol. The molecule has 8 heteroatoms. The van der Waals surface area contributed by atoms with Crippen molar-refractivity contribution in [3.8, 4) is 0 Å². The van der Waals surface area contributed by atoms with E-state index in [9.17, 15) is 9.18 Å². The van der Waals surface area contributed by atoms with Crippen LogP contribution in [0, 0.1) is 12.7 Å². The van der Waals surface area contributed by atoms with E-state index in [1.54, 1.807) is 27.1 Å². The van der Waals surface area contributed by atoms with Crippen LogP contribution in [0.3, 0.4) is 0 Å². The van der Waals surface area contributed by atoms with E-state index in [0.29, 0.717) is 24.6 Å². The number of hydrogen-bond donors (Lipinski definition) is 2. The summed E-state index contributed by atoms with van der Waals surface area (Å²) < 4.78 is 19.4. The minimum Gasteiger partial charge on any atom is -0.376 e. The number of hydrogen-bond acceptors (Lipinski definition) is 3. The summed E-state index contributed by atoms with van der Waals surface area (Å²) >= 11 is 0. The van der Waals surface area contributed by atoms with E-state index in [1.165, 1.54) is 11.0 Å². The molecule has 2 rings (SSSR count). The van der Waals surface area contributed by atoms with E-state index >= 15 is 0 Å². The number of amides is 1. The molecule has 1 aliphatic rings. The van der Waals surface area contributed by atoms with Crippen LogP contribution in [0.25, 0.3) is 0 Å². The quantitative estimate of drug-likeness (QED) is 0.364. The van der Waals surface area contributed by atoms with Crippen molar-refractivity contribution in [2.45, 2.75) is 38.8 Å². The Kier molecular flexibility index (Phi) is 10.6. The van der Waals surface area contributed by atoms with Crippen LogP contribution in [0.15, 0.2) is 23.2 Å². The number of nitrogens with zero attached hydrogens (tertiary/aromatic N) is 2. The molecule has 152 valence electrons. The summed E-state index contributed by atoms with van der Waals surface area (Å²) in [5.41, 5.74) is 1.39. The van der Waals surface area contributed by atoms with Crippen LogP contribution in [-0.2, 0) is 16.1 Å². The van der Waals surface area contributed by atoms with Gasteiger partial charge in [-0.15, -0.1) is 24.0 Å². The Bertz CT molecular complexity index is 634. The highest BCUT2D eigenvalue weighted by molar-refractivity contribution is 14.0. The van der Waals surface area contributed by atoms with E-state index < -0.39 is 0 Å². The van der Waals surface area contributed by atoms with Crippen LogP contribution in [0.5, 0.6) is 0 Å². The number of aryl methyl sites for hydroxylation is 1. The van der Waals surface area contributed by atoms with Gasteiger partial charge in [-0.2, -0.15) is 0 Å². The second kappa shape index (κ2) is 12.1. The third kappa shape index (κ3) is 8.42. The van der Waals surface area contributed by atoms with Gasteiger partial charge in [0, 0.05) is 27.2 Å². The smallest absolute Gasteiger partial charge is 0.241 e. The van der Waals surface area contributed by atoms with Gasteiger partial charge >= 0.3 is 0 Å². The first-order valence-electron chi connectivity index (χ1n) is 9.04. The molecule has 0 saturated carbocycles. The fourth-order valence-electron chi connectivity index (χ4n) is 2.58. The molecule has 1 atom stereocenters. The van der Waals surface area contributed by atoms with Gasteiger partial charge in [0.15, 0.2) is 5.96 Å². The number of ether oxygens (including phenoxy) is 1. The number of carbonyl (C=O) groups excluding carboxylic acids is 1. The summed E-state index contributed by atoms with van der Waals surface area (Å²) in [5, 5.41) is 6.26. The zero-order valence-electron chi connectivity index (χ0n) is 16.3. The molecule has 0 radical (unpaired) electrons. The van der Waals surface area contributed by atoms with Gasteiger partial charge in [-0.25, -0.2) is 9.38 Å². The first kappa shape index (κ1) is 23.6. The van der Waals surface area contributed by atoms with E-state index in [-0.39, 0.29) is 48.3 Å². The maximum Gasteiger partial charge on any atom is 0.241 e. The van der Waals surface area contributed by atoms with Crippen LogP contribution >= 0.6 is 24.0 Å². The second-order valence-electron chi connectivity index (χ2n) is 6.76. The summed E-state index contributed by atoms with van der Waals surface area (Å²) in [7, 11) is 3.42. The molecule has 1 fully saturated rings. The SMILES string of the molecule is Cc1ccc(CN=C(NCC(=O)N(C)C)NCC2CCCCO2)cc1F.I. The maximum absolute atomic E-state index is 13.7. The minimum absolute atomic E-state index is 0. The van der Waals surface area contributed by atoms with Crippen LogP contribution in [0.1, 0.15) is 30.4 Å². The van der Waals surface area contributed by atoms with Gasteiger partial charge in [-0.05, 0) is 43.4 Å². The lowest BCUT2D eigenvalue weighted by molar-refractivity contribution is -0.127. The number of nitrogens with one attached hydrogen (secondary N) is 2. The standard InChI is InChI=1S/C19H29FN4O2.HI/c1-14-7-8-15(10-17(14)20)11-21-19(23-13-18(25)24(2)3)22-12-16-6-4-5-9-26-16;/h7-8,10,16H,4-6,9,11-13H2,1-3H3,(H2,21,22,23);1H. The Labute approximate surface area is 178 Å². The largest absolute Gasteiger partial charge is 0.376 e. The van der Waals surface area contributed by atoms with E-state index in [0.717, 1.165) is 31.4 Å². The molecule has 1 aromatic rings. The predicted octanol–water partition coefficient (Wildman–Crippen LogP) is 2.44. The molecule has 1 unspecified atom stereocenters. The average Bonchev–Trinajstić information content (AvgIpc) is 2.64. The van der Waals surface area contributed by atoms with Gasteiger partial charge in [0.05, 0.1) is 19.2 Å². The zero-order valence-corrected chi connectivity index (χ0v) is 18.6. The minimum atomic E-state index is -0.237. The third-order valence-corrected chi connectivity index (χ3v) is 4.33. The van der Waals surface area contributed by atoms with Crippen molar-refractivity contribution >= 4 is 35.8 Å². The number of rotatable bonds is 6. The van der Waals surface area contributed by atoms with Crippen molar-refractivity contribution in [2.75, 3.05) is 33.8 Å². The Balaban J connectivity index is 0.00000364. The van der Waals surface area contributed by atoms with Gasteiger partial charge in [0.25, 0.3) is 0 Å². The molecule has 1 heterocycles. The first-order chi connectivity index (χ1) is 12.5. The molecule has 2 N–H and O–H groups in total. The summed E-state index contributed by atoms with van der Waals surface area (Å²) in [6.45, 7) is 3.62. The van der Waals surface area contributed by atoms with Crippen molar-refractivity contribution < 1.29 is 13.9 Å². The van der Waals surface area contributed by atoms with E-state index in [4.69, 9.17) is 4.74 Å². The summed E-state index contributed by atoms with van der Waals surface area (Å²) in [5.74, 6) is 0.240. The molecule has 0 bridgehead atoms. The lowest BCUT2D eigenvalue weighted by atomic mass is 10.1. The van der Waals surface area contributed by atoms with Crippen LogP contribution in [-0.4, -0.2) is 56.7 Å². The second-order valence-corrected chi connectivity index (χ2v) is 6.76. The van der Waals surface area contributed by atoms with Crippen molar-refractivity contribution in [1.82, 2.24) is 15.5 Å². The fraction of sp³-hybridized carbons (Fsp3) is 0.579. The maximum atomic E-state index is 13.7. The highest BCUT2D eigenvalue weighted by atomic mass is 127. The Morgan fingerprint density at radius 3 is 2.74 bits per heavy atom. The van der Waals surface area contributed by atoms with E-state index in [1.807, 2.05) is 6.07 Å². The number of aliphatic imine (C=N–C) groups is 1. The number of benzene rings is 1. The number of carbonyl (C=O) groups is 1. The summed E-state index contributed by atoms with van der Waals surface area (Å²) in [4.78, 5) is 17.8. The molecule has 1 aliphatic heterocycles. The van der Waals surface area contributed by atoms with Crippen molar-refractivity contribution in [3.63, 3.8) is 0 Å². The first-order valence-corrected chi connectivity index (χ1v) is 9.04. The van der Waals surface area contributed by atoms with Crippen LogP contribution < -0.4 is 10.6 Å². The monoisotopic (exact) mass is 492 g/mol. The summed E-state index contributed by atoms with van der Waals surface area (Å²) in [6, 6.07) is 5.09. The molecule has 27 heavy (non-hydrogen) atoms. The number of likely N-dealkylation sites (N-methyl/N-ethyl adjacent to an activating group) is 1. The van der Waals surface area contributed by atoms with Crippen LogP contribution in [0.2, 0.25) is 0 Å². The predicted molar refractivity (Wildman–Crippen MR) is 116 cm³/mol. The highest BCUT2D eigenvalue weighted by Crippen LogP contribution is 2.12. The lowest BCUT2D eigenvalue weighted by Crippen LogP contribution is -2.45. The van der Waals surface area contributed by atoms with Gasteiger partial charge in [0.2, 0.25) is 5.91 Å². The van der Waals surface area contributed by atoms with E-state index in [2.05, 4.69) is 15.6 Å². The Hall–Kier alpha value is -1.42. The zero-order chi connectivity index (χ0) is 18.9. The Morgan fingerprint density at radius 1 is 1.33 bits per heavy atom. The topological polar surface area (TPSA) is 66.0 Å². The molecule has 6 nitrogen and oxygen atoms in total.